The first-order chi connectivity index (χ1) is 10.0. The number of fused-ring (bicyclic) bond motifs is 1. The van der Waals surface area contributed by atoms with Crippen LogP contribution < -0.4 is 5.73 Å². The van der Waals surface area contributed by atoms with E-state index in [0.29, 0.717) is 0 Å². The lowest BCUT2D eigenvalue weighted by Gasteiger charge is -2.32. The van der Waals surface area contributed by atoms with Gasteiger partial charge in [0.05, 0.1) is 5.69 Å². The second-order valence-electron chi connectivity index (χ2n) is 7.43. The topological polar surface area (TPSA) is 38.9 Å². The summed E-state index contributed by atoms with van der Waals surface area (Å²) in [5.74, 6) is 0. The zero-order valence-corrected chi connectivity index (χ0v) is 13.5. The number of aromatic nitrogens is 1. The molecule has 0 aliphatic heterocycles. The van der Waals surface area contributed by atoms with E-state index in [0.717, 1.165) is 12.8 Å². The predicted octanol–water partition coefficient (Wildman–Crippen LogP) is 4.20. The molecule has 1 aromatic carbocycles. The predicted molar refractivity (Wildman–Crippen MR) is 87.6 cm³/mol. The molecule has 1 fully saturated rings. The summed E-state index contributed by atoms with van der Waals surface area (Å²) in [6.45, 7) is 4.61. The van der Waals surface area contributed by atoms with Crippen LogP contribution in [0.5, 0.6) is 0 Å². The molecule has 1 unspecified atom stereocenters. The largest absolute Gasteiger partial charge is 0.323 e. The van der Waals surface area contributed by atoms with Gasteiger partial charge in [0, 0.05) is 16.3 Å². The molecule has 2 aliphatic rings. The number of hydrogen-bond donors (Lipinski definition) is 1. The molecule has 3 heteroatoms. The Kier molecular flexibility index (Phi) is 2.82. The van der Waals surface area contributed by atoms with Crippen molar-refractivity contribution >= 4 is 11.3 Å². The van der Waals surface area contributed by atoms with E-state index in [-0.39, 0.29) is 16.9 Å². The highest BCUT2D eigenvalue weighted by molar-refractivity contribution is 7.12. The monoisotopic (exact) mass is 298 g/mol. The molecule has 0 radical (unpaired) electrons. The lowest BCUT2D eigenvalue weighted by atomic mass is 9.77. The van der Waals surface area contributed by atoms with Gasteiger partial charge < -0.3 is 5.73 Å². The molecule has 1 saturated carbocycles. The van der Waals surface area contributed by atoms with Crippen LogP contribution in [0.15, 0.2) is 30.3 Å². The van der Waals surface area contributed by atoms with Gasteiger partial charge in [-0.2, -0.15) is 0 Å². The average molecular weight is 298 g/mol. The van der Waals surface area contributed by atoms with Crippen LogP contribution in [0.2, 0.25) is 0 Å². The number of hydrogen-bond acceptors (Lipinski definition) is 3. The van der Waals surface area contributed by atoms with Gasteiger partial charge in [0.25, 0.3) is 0 Å². The van der Waals surface area contributed by atoms with Gasteiger partial charge in [-0.1, -0.05) is 44.2 Å². The number of benzene rings is 1. The molecule has 2 aromatic rings. The van der Waals surface area contributed by atoms with Gasteiger partial charge >= 0.3 is 0 Å². The van der Waals surface area contributed by atoms with Crippen molar-refractivity contribution in [2.24, 2.45) is 11.1 Å². The quantitative estimate of drug-likeness (QED) is 0.902. The van der Waals surface area contributed by atoms with E-state index >= 15 is 0 Å². The minimum Gasteiger partial charge on any atom is -0.323 e. The summed E-state index contributed by atoms with van der Waals surface area (Å²) in [5, 5.41) is 1.30. The maximum absolute atomic E-state index is 6.41. The van der Waals surface area contributed by atoms with Gasteiger partial charge in [0.2, 0.25) is 0 Å². The number of nitrogens with two attached hydrogens (primary N) is 1. The summed E-state index contributed by atoms with van der Waals surface area (Å²) in [7, 11) is 0. The van der Waals surface area contributed by atoms with E-state index < -0.39 is 0 Å². The van der Waals surface area contributed by atoms with Crippen LogP contribution in [0.4, 0.5) is 0 Å². The van der Waals surface area contributed by atoms with Gasteiger partial charge in [-0.05, 0) is 36.7 Å². The van der Waals surface area contributed by atoms with Gasteiger partial charge in [0.1, 0.15) is 5.01 Å². The first-order valence-electron chi connectivity index (χ1n) is 7.81. The van der Waals surface area contributed by atoms with E-state index in [1.165, 1.54) is 34.0 Å². The molecule has 0 bridgehead atoms. The smallest absolute Gasteiger partial charge is 0.104 e. The molecule has 1 heterocycles. The molecule has 1 atom stereocenters. The Morgan fingerprint density at radius 2 is 1.90 bits per heavy atom. The van der Waals surface area contributed by atoms with E-state index in [2.05, 4.69) is 44.2 Å². The third-order valence-corrected chi connectivity index (χ3v) is 6.40. The molecule has 0 amide bonds. The lowest BCUT2D eigenvalue weighted by Crippen LogP contribution is -2.28. The van der Waals surface area contributed by atoms with E-state index in [9.17, 15) is 0 Å². The van der Waals surface area contributed by atoms with Crippen molar-refractivity contribution in [2.45, 2.75) is 51.0 Å². The highest BCUT2D eigenvalue weighted by Gasteiger charge is 2.49. The highest BCUT2D eigenvalue weighted by Crippen LogP contribution is 2.56. The summed E-state index contributed by atoms with van der Waals surface area (Å²) < 4.78 is 0. The fourth-order valence-electron chi connectivity index (χ4n) is 3.71. The molecule has 110 valence electrons. The van der Waals surface area contributed by atoms with Crippen molar-refractivity contribution in [3.63, 3.8) is 0 Å². The standard InChI is InChI=1S/C18H22N2S/c1-17(2)10-13(19)15-14(11-17)20-16(21-15)18(8-9-18)12-6-4-3-5-7-12/h3-7,13H,8-11,19H2,1-2H3. The van der Waals surface area contributed by atoms with E-state index in [1.54, 1.807) is 0 Å². The number of nitrogens with zero attached hydrogens (tertiary/aromatic N) is 1. The van der Waals surface area contributed by atoms with Crippen molar-refractivity contribution < 1.29 is 0 Å². The Hall–Kier alpha value is -1.19. The van der Waals surface area contributed by atoms with Crippen LogP contribution in [0.3, 0.4) is 0 Å². The molecule has 2 aliphatic carbocycles. The van der Waals surface area contributed by atoms with Crippen molar-refractivity contribution in [1.29, 1.82) is 0 Å². The molecule has 2 N–H and O–H groups in total. The normalized spacial score (nSPS) is 25.4. The zero-order valence-electron chi connectivity index (χ0n) is 12.7. The maximum atomic E-state index is 6.41. The molecule has 21 heavy (non-hydrogen) atoms. The minimum atomic E-state index is 0.168. The molecule has 0 spiro atoms. The third-order valence-electron chi connectivity index (χ3n) is 4.97. The number of thiazole rings is 1. The molecular formula is C18H22N2S. The fourth-order valence-corrected chi connectivity index (χ4v) is 5.06. The van der Waals surface area contributed by atoms with E-state index in [4.69, 9.17) is 10.7 Å². The van der Waals surface area contributed by atoms with Crippen LogP contribution in [-0.4, -0.2) is 4.98 Å². The van der Waals surface area contributed by atoms with Gasteiger partial charge in [0.15, 0.2) is 0 Å². The maximum Gasteiger partial charge on any atom is 0.104 e. The van der Waals surface area contributed by atoms with Crippen molar-refractivity contribution in [2.75, 3.05) is 0 Å². The Morgan fingerprint density at radius 1 is 1.19 bits per heavy atom. The number of rotatable bonds is 2. The molecular weight excluding hydrogens is 276 g/mol. The molecule has 2 nitrogen and oxygen atoms in total. The highest BCUT2D eigenvalue weighted by atomic mass is 32.1. The summed E-state index contributed by atoms with van der Waals surface area (Å²) in [4.78, 5) is 6.39. The van der Waals surface area contributed by atoms with Gasteiger partial charge in [-0.15, -0.1) is 11.3 Å². The van der Waals surface area contributed by atoms with Crippen LogP contribution in [-0.2, 0) is 11.8 Å². The Balaban J connectivity index is 1.76. The van der Waals surface area contributed by atoms with Crippen molar-refractivity contribution in [3.05, 3.63) is 51.5 Å². The first-order valence-corrected chi connectivity index (χ1v) is 8.63. The minimum absolute atomic E-state index is 0.168. The van der Waals surface area contributed by atoms with Crippen LogP contribution in [0.1, 0.15) is 60.3 Å². The summed E-state index contributed by atoms with van der Waals surface area (Å²) in [6, 6.07) is 11.0. The SMILES string of the molecule is CC1(C)Cc2nc(C3(c4ccccc4)CC3)sc2C(N)C1. The molecule has 1 aromatic heterocycles. The lowest BCUT2D eigenvalue weighted by molar-refractivity contribution is 0.282. The van der Waals surface area contributed by atoms with E-state index in [1.807, 2.05) is 11.3 Å². The zero-order chi connectivity index (χ0) is 14.7. The second-order valence-corrected chi connectivity index (χ2v) is 8.46. The first kappa shape index (κ1) is 13.5. The van der Waals surface area contributed by atoms with Crippen molar-refractivity contribution in [1.82, 2.24) is 4.98 Å². The molecule has 0 saturated heterocycles. The van der Waals surface area contributed by atoms with Gasteiger partial charge in [-0.3, -0.25) is 0 Å². The Morgan fingerprint density at radius 3 is 2.57 bits per heavy atom. The van der Waals surface area contributed by atoms with Gasteiger partial charge in [-0.25, -0.2) is 4.98 Å². The van der Waals surface area contributed by atoms with Crippen molar-refractivity contribution in [3.8, 4) is 0 Å². The fraction of sp³-hybridized carbons (Fsp3) is 0.500. The van der Waals surface area contributed by atoms with Crippen LogP contribution >= 0.6 is 11.3 Å². The Labute approximate surface area is 130 Å². The summed E-state index contributed by atoms with van der Waals surface area (Å²) in [6.07, 6.45) is 4.58. The van der Waals surface area contributed by atoms with Crippen LogP contribution in [0.25, 0.3) is 0 Å². The summed E-state index contributed by atoms with van der Waals surface area (Å²) in [5.41, 5.74) is 9.56. The second kappa shape index (κ2) is 4.40. The summed E-state index contributed by atoms with van der Waals surface area (Å²) >= 11 is 1.87. The molecule has 4 rings (SSSR count). The Bertz CT molecular complexity index is 668. The van der Waals surface area contributed by atoms with Crippen LogP contribution in [0, 0.1) is 5.41 Å². The third kappa shape index (κ3) is 2.14. The average Bonchev–Trinajstić information content (AvgIpc) is 3.14.